The first-order valence-corrected chi connectivity index (χ1v) is 7.40. The fraction of sp³-hybridized carbons (Fsp3) is 0.133. The van der Waals surface area contributed by atoms with Gasteiger partial charge in [-0.1, -0.05) is 27.5 Å². The summed E-state index contributed by atoms with van der Waals surface area (Å²) in [5, 5.41) is 12.6. The molecule has 0 fully saturated rings. The van der Waals surface area contributed by atoms with Crippen molar-refractivity contribution in [3.05, 3.63) is 51.5 Å². The number of hydrogen-bond acceptors (Lipinski definition) is 3. The second-order valence-electron chi connectivity index (χ2n) is 4.20. The van der Waals surface area contributed by atoms with Crippen molar-refractivity contribution in [2.75, 3.05) is 11.9 Å². The molecule has 0 bridgehead atoms. The summed E-state index contributed by atoms with van der Waals surface area (Å²) in [6, 6.07) is 10.0. The Morgan fingerprint density at radius 3 is 2.62 bits per heavy atom. The molecule has 21 heavy (non-hydrogen) atoms. The highest BCUT2D eigenvalue weighted by atomic mass is 79.9. The third kappa shape index (κ3) is 3.89. The maximum atomic E-state index is 12.2. The molecular weight excluding hydrogens is 358 g/mol. The van der Waals surface area contributed by atoms with E-state index in [0.29, 0.717) is 17.9 Å². The molecule has 4 nitrogen and oxygen atoms in total. The molecule has 0 saturated carbocycles. The minimum absolute atomic E-state index is 0.0712. The molecule has 0 radical (unpaired) electrons. The average Bonchev–Trinajstić information content (AvgIpc) is 2.46. The van der Waals surface area contributed by atoms with E-state index in [1.807, 2.05) is 12.1 Å². The molecular formula is C15H13BrClNO3. The normalized spacial score (nSPS) is 10.2. The number of nitrogens with one attached hydrogen (secondary N) is 1. The van der Waals surface area contributed by atoms with Crippen LogP contribution in [0.3, 0.4) is 0 Å². The molecule has 2 aromatic rings. The lowest BCUT2D eigenvalue weighted by Crippen LogP contribution is -2.12. The van der Waals surface area contributed by atoms with Gasteiger partial charge in [0.1, 0.15) is 0 Å². The van der Waals surface area contributed by atoms with E-state index in [-0.39, 0.29) is 22.4 Å². The van der Waals surface area contributed by atoms with Gasteiger partial charge in [0.15, 0.2) is 11.5 Å². The first kappa shape index (κ1) is 15.7. The summed E-state index contributed by atoms with van der Waals surface area (Å²) in [6.45, 7) is 2.14. The summed E-state index contributed by atoms with van der Waals surface area (Å²) in [5.74, 6) is -0.315. The molecule has 2 rings (SSSR count). The van der Waals surface area contributed by atoms with Crippen LogP contribution in [0.25, 0.3) is 0 Å². The van der Waals surface area contributed by atoms with Crippen molar-refractivity contribution in [1.29, 1.82) is 0 Å². The maximum absolute atomic E-state index is 12.2. The second-order valence-corrected chi connectivity index (χ2v) is 5.52. The van der Waals surface area contributed by atoms with Crippen molar-refractivity contribution < 1.29 is 14.6 Å². The highest BCUT2D eigenvalue weighted by molar-refractivity contribution is 9.10. The van der Waals surface area contributed by atoms with E-state index in [2.05, 4.69) is 21.2 Å². The number of ether oxygens (including phenoxy) is 1. The lowest BCUT2D eigenvalue weighted by molar-refractivity contribution is 0.102. The zero-order chi connectivity index (χ0) is 15.4. The molecule has 0 saturated heterocycles. The summed E-state index contributed by atoms with van der Waals surface area (Å²) in [4.78, 5) is 12.2. The first-order chi connectivity index (χ1) is 10.0. The van der Waals surface area contributed by atoms with Gasteiger partial charge in [0.25, 0.3) is 5.91 Å². The molecule has 0 aliphatic carbocycles. The van der Waals surface area contributed by atoms with Crippen LogP contribution in [0.4, 0.5) is 5.69 Å². The van der Waals surface area contributed by atoms with Crippen LogP contribution < -0.4 is 10.1 Å². The molecule has 2 N–H and O–H groups in total. The zero-order valence-corrected chi connectivity index (χ0v) is 13.5. The molecule has 6 heteroatoms. The number of benzene rings is 2. The predicted octanol–water partition coefficient (Wildman–Crippen LogP) is 4.46. The highest BCUT2D eigenvalue weighted by Crippen LogP contribution is 2.35. The molecule has 1 amide bonds. The molecule has 0 aliphatic heterocycles. The Kier molecular flexibility index (Phi) is 5.09. The largest absolute Gasteiger partial charge is 0.503 e. The molecule has 0 aliphatic rings. The highest BCUT2D eigenvalue weighted by Gasteiger charge is 2.14. The quantitative estimate of drug-likeness (QED) is 0.835. The molecule has 0 spiro atoms. The predicted molar refractivity (Wildman–Crippen MR) is 86.4 cm³/mol. The summed E-state index contributed by atoms with van der Waals surface area (Å²) in [7, 11) is 0. The van der Waals surface area contributed by atoms with Gasteiger partial charge in [-0.05, 0) is 43.3 Å². The van der Waals surface area contributed by atoms with Crippen molar-refractivity contribution >= 4 is 39.1 Å². The van der Waals surface area contributed by atoms with Gasteiger partial charge in [-0.25, -0.2) is 0 Å². The Balaban J connectivity index is 2.24. The second kappa shape index (κ2) is 6.83. The molecule has 0 aromatic heterocycles. The fourth-order valence-electron chi connectivity index (χ4n) is 1.71. The van der Waals surface area contributed by atoms with Crippen molar-refractivity contribution in [2.24, 2.45) is 0 Å². The summed E-state index contributed by atoms with van der Waals surface area (Å²) < 4.78 is 6.18. The van der Waals surface area contributed by atoms with Crippen LogP contribution in [0, 0.1) is 0 Å². The SMILES string of the molecule is CCOc1cc(C(=O)Nc2ccc(Br)cc2)cc(Cl)c1O. The Hall–Kier alpha value is -1.72. The summed E-state index contributed by atoms with van der Waals surface area (Å²) in [5.41, 5.74) is 0.967. The van der Waals surface area contributed by atoms with Crippen LogP contribution in [0.1, 0.15) is 17.3 Å². The van der Waals surface area contributed by atoms with Gasteiger partial charge >= 0.3 is 0 Å². The van der Waals surface area contributed by atoms with Gasteiger partial charge in [-0.3, -0.25) is 4.79 Å². The third-order valence-corrected chi connectivity index (χ3v) is 3.51. The average molecular weight is 371 g/mol. The van der Waals surface area contributed by atoms with Gasteiger partial charge in [0.2, 0.25) is 0 Å². The minimum Gasteiger partial charge on any atom is -0.503 e. The number of phenolic OH excluding ortho intramolecular Hbond substituents is 1. The van der Waals surface area contributed by atoms with E-state index in [4.69, 9.17) is 16.3 Å². The Morgan fingerprint density at radius 1 is 1.33 bits per heavy atom. The molecule has 0 unspecified atom stereocenters. The van der Waals surface area contributed by atoms with Crippen LogP contribution in [0.2, 0.25) is 5.02 Å². The number of aromatic hydroxyl groups is 1. The van der Waals surface area contributed by atoms with E-state index in [1.54, 1.807) is 19.1 Å². The van der Waals surface area contributed by atoms with Gasteiger partial charge in [0.05, 0.1) is 11.6 Å². The topological polar surface area (TPSA) is 58.6 Å². The molecule has 0 atom stereocenters. The molecule has 2 aromatic carbocycles. The van der Waals surface area contributed by atoms with E-state index in [1.165, 1.54) is 12.1 Å². The van der Waals surface area contributed by atoms with E-state index >= 15 is 0 Å². The molecule has 0 heterocycles. The van der Waals surface area contributed by atoms with E-state index in [0.717, 1.165) is 4.47 Å². The number of halogens is 2. The number of amides is 1. The van der Waals surface area contributed by atoms with Crippen LogP contribution in [-0.4, -0.2) is 17.6 Å². The van der Waals surface area contributed by atoms with Gasteiger partial charge < -0.3 is 15.2 Å². The zero-order valence-electron chi connectivity index (χ0n) is 11.2. The third-order valence-electron chi connectivity index (χ3n) is 2.69. The lowest BCUT2D eigenvalue weighted by atomic mass is 10.1. The Bertz CT molecular complexity index is 659. The Labute approximate surface area is 135 Å². The minimum atomic E-state index is -0.333. The van der Waals surface area contributed by atoms with Gasteiger partial charge in [-0.15, -0.1) is 0 Å². The Morgan fingerprint density at radius 2 is 2.00 bits per heavy atom. The number of phenols is 1. The van der Waals surface area contributed by atoms with Crippen LogP contribution in [0.5, 0.6) is 11.5 Å². The number of carbonyl (C=O) groups is 1. The van der Waals surface area contributed by atoms with Crippen LogP contribution >= 0.6 is 27.5 Å². The van der Waals surface area contributed by atoms with E-state index < -0.39 is 0 Å². The monoisotopic (exact) mass is 369 g/mol. The van der Waals surface area contributed by atoms with Gasteiger partial charge in [0, 0.05) is 15.7 Å². The van der Waals surface area contributed by atoms with Crippen molar-refractivity contribution in [3.63, 3.8) is 0 Å². The van der Waals surface area contributed by atoms with Crippen molar-refractivity contribution in [3.8, 4) is 11.5 Å². The smallest absolute Gasteiger partial charge is 0.255 e. The summed E-state index contributed by atoms with van der Waals surface area (Å²) >= 11 is 9.23. The fourth-order valence-corrected chi connectivity index (χ4v) is 2.18. The number of carbonyl (C=O) groups excluding carboxylic acids is 1. The standard InChI is InChI=1S/C15H13BrClNO3/c1-2-21-13-8-9(7-12(17)14(13)19)15(20)18-11-5-3-10(16)4-6-11/h3-8,19H,2H2,1H3,(H,18,20). The number of rotatable bonds is 4. The number of anilines is 1. The van der Waals surface area contributed by atoms with Crippen LogP contribution in [0.15, 0.2) is 40.9 Å². The van der Waals surface area contributed by atoms with Crippen molar-refractivity contribution in [2.45, 2.75) is 6.92 Å². The first-order valence-electron chi connectivity index (χ1n) is 6.23. The van der Waals surface area contributed by atoms with E-state index in [9.17, 15) is 9.90 Å². The van der Waals surface area contributed by atoms with Crippen LogP contribution in [-0.2, 0) is 0 Å². The summed E-state index contributed by atoms with van der Waals surface area (Å²) in [6.07, 6.45) is 0. The number of hydrogen-bond donors (Lipinski definition) is 2. The lowest BCUT2D eigenvalue weighted by Gasteiger charge is -2.10. The molecule has 110 valence electrons. The maximum Gasteiger partial charge on any atom is 0.255 e. The van der Waals surface area contributed by atoms with Crippen molar-refractivity contribution in [1.82, 2.24) is 0 Å². The van der Waals surface area contributed by atoms with Gasteiger partial charge in [-0.2, -0.15) is 0 Å².